The smallest absolute Gasteiger partial charge is 0.106 e. The zero-order chi connectivity index (χ0) is 8.27. The van der Waals surface area contributed by atoms with Gasteiger partial charge in [0.25, 0.3) is 0 Å². The molecule has 0 aromatic heterocycles. The molecule has 0 aromatic carbocycles. The largest absolute Gasteiger partial charge is 0.394 e. The van der Waals surface area contributed by atoms with Gasteiger partial charge in [-0.3, -0.25) is 0 Å². The lowest BCUT2D eigenvalue weighted by Crippen LogP contribution is -2.42. The monoisotopic (exact) mass is 161 g/mol. The molecule has 3 atom stereocenters. The summed E-state index contributed by atoms with van der Waals surface area (Å²) >= 11 is 0. The number of nitrogens with two attached hydrogens (primary N) is 1. The van der Waals surface area contributed by atoms with Gasteiger partial charge in [-0.1, -0.05) is 0 Å². The molecule has 1 aliphatic rings. The minimum Gasteiger partial charge on any atom is -0.394 e. The lowest BCUT2D eigenvalue weighted by Gasteiger charge is -2.31. The molecule has 11 heavy (non-hydrogen) atoms. The predicted molar refractivity (Wildman–Crippen MR) is 40.0 cm³/mol. The van der Waals surface area contributed by atoms with Crippen molar-refractivity contribution < 1.29 is 14.9 Å². The molecular weight excluding hydrogens is 146 g/mol. The van der Waals surface area contributed by atoms with E-state index in [9.17, 15) is 5.11 Å². The fraction of sp³-hybridized carbons (Fsp3) is 1.00. The third-order valence-corrected chi connectivity index (χ3v) is 2.06. The van der Waals surface area contributed by atoms with E-state index in [1.165, 1.54) is 0 Å². The SMILES string of the molecule is NCC1COC(CO)C(O)C1. The molecule has 0 bridgehead atoms. The van der Waals surface area contributed by atoms with Crippen molar-refractivity contribution in [3.63, 3.8) is 0 Å². The Hall–Kier alpha value is -0.160. The minimum absolute atomic E-state index is 0.113. The van der Waals surface area contributed by atoms with E-state index in [2.05, 4.69) is 0 Å². The summed E-state index contributed by atoms with van der Waals surface area (Å²) < 4.78 is 5.16. The van der Waals surface area contributed by atoms with Crippen LogP contribution in [0.1, 0.15) is 6.42 Å². The van der Waals surface area contributed by atoms with Crippen LogP contribution in [0, 0.1) is 5.92 Å². The van der Waals surface area contributed by atoms with Crippen molar-refractivity contribution in [2.24, 2.45) is 11.7 Å². The van der Waals surface area contributed by atoms with Gasteiger partial charge < -0.3 is 20.7 Å². The molecule has 1 aliphatic heterocycles. The Bertz CT molecular complexity index is 120. The number of ether oxygens (including phenoxy) is 1. The van der Waals surface area contributed by atoms with Crippen LogP contribution in [-0.4, -0.2) is 42.2 Å². The van der Waals surface area contributed by atoms with Crippen LogP contribution in [0.4, 0.5) is 0 Å². The summed E-state index contributed by atoms with van der Waals surface area (Å²) in [6.07, 6.45) is -0.318. The minimum atomic E-state index is -0.553. The highest BCUT2D eigenvalue weighted by Gasteiger charge is 2.28. The van der Waals surface area contributed by atoms with Gasteiger partial charge in [0, 0.05) is 0 Å². The van der Waals surface area contributed by atoms with E-state index in [-0.39, 0.29) is 12.5 Å². The summed E-state index contributed by atoms with van der Waals surface area (Å²) in [7, 11) is 0. The maximum Gasteiger partial charge on any atom is 0.106 e. The number of hydrogen-bond donors (Lipinski definition) is 3. The van der Waals surface area contributed by atoms with Gasteiger partial charge in [0.1, 0.15) is 6.10 Å². The molecule has 3 unspecified atom stereocenters. The maximum absolute atomic E-state index is 9.33. The van der Waals surface area contributed by atoms with Gasteiger partial charge in [-0.25, -0.2) is 0 Å². The molecule has 0 radical (unpaired) electrons. The molecule has 0 amide bonds. The predicted octanol–water partition coefficient (Wildman–Crippen LogP) is -1.30. The van der Waals surface area contributed by atoms with Crippen LogP contribution in [0.15, 0.2) is 0 Å². The first-order chi connectivity index (χ1) is 5.27. The standard InChI is InChI=1S/C7H15NO3/c8-2-5-1-6(10)7(3-9)11-4-5/h5-7,9-10H,1-4,8H2. The Kier molecular flexibility index (Phi) is 3.26. The molecule has 4 nitrogen and oxygen atoms in total. The van der Waals surface area contributed by atoms with E-state index in [1.807, 2.05) is 0 Å². The third-order valence-electron chi connectivity index (χ3n) is 2.06. The normalized spacial score (nSPS) is 39.0. The quantitative estimate of drug-likeness (QED) is 0.470. The molecule has 0 saturated carbocycles. The van der Waals surface area contributed by atoms with Crippen LogP contribution in [0.2, 0.25) is 0 Å². The summed E-state index contributed by atoms with van der Waals surface area (Å²) in [5.74, 6) is 0.243. The summed E-state index contributed by atoms with van der Waals surface area (Å²) in [5.41, 5.74) is 5.40. The first-order valence-electron chi connectivity index (χ1n) is 3.88. The van der Waals surface area contributed by atoms with Crippen molar-refractivity contribution >= 4 is 0 Å². The first-order valence-corrected chi connectivity index (χ1v) is 3.88. The summed E-state index contributed by atoms with van der Waals surface area (Å²) in [6.45, 7) is 0.979. The molecule has 4 N–H and O–H groups in total. The Morgan fingerprint density at radius 3 is 2.73 bits per heavy atom. The van der Waals surface area contributed by atoms with Crippen LogP contribution in [0.25, 0.3) is 0 Å². The van der Waals surface area contributed by atoms with E-state index in [4.69, 9.17) is 15.6 Å². The molecule has 1 saturated heterocycles. The second-order valence-electron chi connectivity index (χ2n) is 2.96. The Morgan fingerprint density at radius 2 is 2.27 bits per heavy atom. The molecular formula is C7H15NO3. The number of aliphatic hydroxyl groups excluding tert-OH is 2. The number of hydrogen-bond acceptors (Lipinski definition) is 4. The fourth-order valence-electron chi connectivity index (χ4n) is 1.27. The van der Waals surface area contributed by atoms with Gasteiger partial charge in [0.15, 0.2) is 0 Å². The van der Waals surface area contributed by atoms with Gasteiger partial charge in [0.2, 0.25) is 0 Å². The summed E-state index contributed by atoms with van der Waals surface area (Å²) in [6, 6.07) is 0. The van der Waals surface area contributed by atoms with E-state index in [0.717, 1.165) is 0 Å². The highest BCUT2D eigenvalue weighted by atomic mass is 16.5. The van der Waals surface area contributed by atoms with Gasteiger partial charge in [-0.15, -0.1) is 0 Å². The van der Waals surface area contributed by atoms with E-state index in [0.29, 0.717) is 19.6 Å². The maximum atomic E-state index is 9.33. The topological polar surface area (TPSA) is 75.7 Å². The van der Waals surface area contributed by atoms with Gasteiger partial charge in [-0.2, -0.15) is 0 Å². The van der Waals surface area contributed by atoms with E-state index < -0.39 is 12.2 Å². The fourth-order valence-corrected chi connectivity index (χ4v) is 1.27. The second-order valence-corrected chi connectivity index (χ2v) is 2.96. The van der Waals surface area contributed by atoms with Crippen molar-refractivity contribution in [2.45, 2.75) is 18.6 Å². The molecule has 0 aromatic rings. The van der Waals surface area contributed by atoms with Crippen molar-refractivity contribution in [1.29, 1.82) is 0 Å². The van der Waals surface area contributed by atoms with Crippen LogP contribution in [0.5, 0.6) is 0 Å². The number of rotatable bonds is 2. The van der Waals surface area contributed by atoms with E-state index in [1.54, 1.807) is 0 Å². The Balaban J connectivity index is 2.34. The average Bonchev–Trinajstić information content (AvgIpc) is 2.04. The Labute approximate surface area is 66.0 Å². The molecule has 1 fully saturated rings. The van der Waals surface area contributed by atoms with Crippen LogP contribution in [-0.2, 0) is 4.74 Å². The van der Waals surface area contributed by atoms with Gasteiger partial charge >= 0.3 is 0 Å². The van der Waals surface area contributed by atoms with Crippen molar-refractivity contribution in [3.05, 3.63) is 0 Å². The zero-order valence-corrected chi connectivity index (χ0v) is 6.44. The van der Waals surface area contributed by atoms with Crippen LogP contribution in [0.3, 0.4) is 0 Å². The highest BCUT2D eigenvalue weighted by molar-refractivity contribution is 4.78. The molecule has 0 spiro atoms. The van der Waals surface area contributed by atoms with Crippen molar-refractivity contribution in [3.8, 4) is 0 Å². The average molecular weight is 161 g/mol. The molecule has 1 rings (SSSR count). The van der Waals surface area contributed by atoms with Crippen molar-refractivity contribution in [2.75, 3.05) is 19.8 Å². The van der Waals surface area contributed by atoms with Crippen LogP contribution >= 0.6 is 0 Å². The van der Waals surface area contributed by atoms with Crippen LogP contribution < -0.4 is 5.73 Å². The van der Waals surface area contributed by atoms with Gasteiger partial charge in [0.05, 0.1) is 19.3 Å². The summed E-state index contributed by atoms with van der Waals surface area (Å²) in [4.78, 5) is 0. The number of aliphatic hydroxyl groups is 2. The van der Waals surface area contributed by atoms with Crippen molar-refractivity contribution in [1.82, 2.24) is 0 Å². The second kappa shape index (κ2) is 4.01. The molecule has 4 heteroatoms. The summed E-state index contributed by atoms with van der Waals surface area (Å²) in [5, 5.41) is 18.0. The lowest BCUT2D eigenvalue weighted by atomic mass is 9.96. The first kappa shape index (κ1) is 8.93. The van der Waals surface area contributed by atoms with E-state index >= 15 is 0 Å². The third kappa shape index (κ3) is 2.13. The Morgan fingerprint density at radius 1 is 1.55 bits per heavy atom. The molecule has 66 valence electrons. The highest BCUT2D eigenvalue weighted by Crippen LogP contribution is 2.17. The zero-order valence-electron chi connectivity index (χ0n) is 6.44. The lowest BCUT2D eigenvalue weighted by molar-refractivity contribution is -0.114. The molecule has 0 aliphatic carbocycles. The molecule has 1 heterocycles. The van der Waals surface area contributed by atoms with Gasteiger partial charge in [-0.05, 0) is 18.9 Å².